The van der Waals surface area contributed by atoms with Crippen molar-refractivity contribution in [3.8, 4) is 0 Å². The zero-order chi connectivity index (χ0) is 15.2. The number of rotatable bonds is 1. The Kier molecular flexibility index (Phi) is 3.14. The highest BCUT2D eigenvalue weighted by atomic mass is 16.5. The first-order chi connectivity index (χ1) is 9.94. The van der Waals surface area contributed by atoms with E-state index in [-0.39, 0.29) is 23.4 Å². The van der Waals surface area contributed by atoms with Crippen LogP contribution in [0.5, 0.6) is 0 Å². The molecule has 3 rings (SSSR count). The topological polar surface area (TPSA) is 55.8 Å². The summed E-state index contributed by atoms with van der Waals surface area (Å²) >= 11 is 0. The summed E-state index contributed by atoms with van der Waals surface area (Å²) in [5, 5.41) is 10.5. The highest BCUT2D eigenvalue weighted by molar-refractivity contribution is 5.98. The zero-order valence-corrected chi connectivity index (χ0v) is 12.3. The molecular weight excluding hydrogens is 268 g/mol. The minimum atomic E-state index is -0.523. The van der Waals surface area contributed by atoms with Crippen molar-refractivity contribution in [3.63, 3.8) is 0 Å². The van der Waals surface area contributed by atoms with Crippen LogP contribution in [-0.2, 0) is 14.3 Å². The molecule has 21 heavy (non-hydrogen) atoms. The van der Waals surface area contributed by atoms with Gasteiger partial charge in [0.25, 0.3) is 0 Å². The van der Waals surface area contributed by atoms with E-state index < -0.39 is 11.6 Å². The molecule has 1 aliphatic heterocycles. The number of carbonyl (C=O) groups excluding carboxylic acids is 1. The standard InChI is InChI=1S/C17H18O4/c1-17(2)9-8-12-13(16(19)20-3)14(18)10-6-4-5-7-11(10)15(12)21-17/h4-9,12,15,18H,1-3H3. The Morgan fingerprint density at radius 2 is 2.05 bits per heavy atom. The monoisotopic (exact) mass is 286 g/mol. The normalized spacial score (nSPS) is 26.0. The van der Waals surface area contributed by atoms with Crippen molar-refractivity contribution < 1.29 is 19.4 Å². The maximum absolute atomic E-state index is 12.1. The van der Waals surface area contributed by atoms with Crippen molar-refractivity contribution in [2.24, 2.45) is 5.92 Å². The first-order valence-electron chi connectivity index (χ1n) is 6.92. The van der Waals surface area contributed by atoms with Gasteiger partial charge in [0.2, 0.25) is 0 Å². The van der Waals surface area contributed by atoms with Gasteiger partial charge in [0.1, 0.15) is 5.76 Å². The Morgan fingerprint density at radius 1 is 1.33 bits per heavy atom. The fraction of sp³-hybridized carbons (Fsp3) is 0.353. The van der Waals surface area contributed by atoms with E-state index in [0.29, 0.717) is 5.56 Å². The summed E-state index contributed by atoms with van der Waals surface area (Å²) in [5.74, 6) is -0.878. The van der Waals surface area contributed by atoms with Gasteiger partial charge in [-0.15, -0.1) is 0 Å². The number of esters is 1. The van der Waals surface area contributed by atoms with E-state index in [0.717, 1.165) is 5.56 Å². The highest BCUT2D eigenvalue weighted by Gasteiger charge is 2.43. The molecule has 0 saturated heterocycles. The summed E-state index contributed by atoms with van der Waals surface area (Å²) in [4.78, 5) is 12.1. The van der Waals surface area contributed by atoms with Crippen LogP contribution in [0.15, 0.2) is 42.0 Å². The summed E-state index contributed by atoms with van der Waals surface area (Å²) < 4.78 is 11.0. The van der Waals surface area contributed by atoms with Crippen molar-refractivity contribution >= 4 is 11.7 Å². The number of aliphatic hydroxyl groups is 1. The summed E-state index contributed by atoms with van der Waals surface area (Å²) in [7, 11) is 1.31. The molecule has 4 nitrogen and oxygen atoms in total. The molecule has 1 N–H and O–H groups in total. The van der Waals surface area contributed by atoms with Crippen molar-refractivity contribution in [2.75, 3.05) is 7.11 Å². The second kappa shape index (κ2) is 4.74. The minimum absolute atomic E-state index is 0.0216. The Morgan fingerprint density at radius 3 is 2.76 bits per heavy atom. The van der Waals surface area contributed by atoms with Crippen LogP contribution in [0.25, 0.3) is 5.76 Å². The molecular formula is C17H18O4. The smallest absolute Gasteiger partial charge is 0.338 e. The summed E-state index contributed by atoms with van der Waals surface area (Å²) in [5.41, 5.74) is 1.37. The molecule has 1 aromatic rings. The van der Waals surface area contributed by atoms with Gasteiger partial charge in [-0.1, -0.05) is 36.4 Å². The van der Waals surface area contributed by atoms with Gasteiger partial charge in [-0.05, 0) is 19.4 Å². The number of methoxy groups -OCH3 is 1. The fourth-order valence-corrected chi connectivity index (χ4v) is 2.99. The summed E-state index contributed by atoms with van der Waals surface area (Å²) in [6.45, 7) is 3.94. The van der Waals surface area contributed by atoms with Crippen molar-refractivity contribution in [2.45, 2.75) is 25.6 Å². The average Bonchev–Trinajstić information content (AvgIpc) is 2.47. The van der Waals surface area contributed by atoms with Crippen LogP contribution >= 0.6 is 0 Å². The molecule has 1 aromatic carbocycles. The molecule has 0 spiro atoms. The highest BCUT2D eigenvalue weighted by Crippen LogP contribution is 2.47. The average molecular weight is 286 g/mol. The van der Waals surface area contributed by atoms with E-state index >= 15 is 0 Å². The van der Waals surface area contributed by atoms with E-state index in [2.05, 4.69) is 0 Å². The molecule has 0 saturated carbocycles. The lowest BCUT2D eigenvalue weighted by atomic mass is 9.77. The van der Waals surface area contributed by atoms with Crippen LogP contribution in [0.2, 0.25) is 0 Å². The lowest BCUT2D eigenvalue weighted by Crippen LogP contribution is -2.37. The lowest BCUT2D eigenvalue weighted by molar-refractivity contribution is -0.138. The minimum Gasteiger partial charge on any atom is -0.507 e. The van der Waals surface area contributed by atoms with Crippen LogP contribution in [-0.4, -0.2) is 23.8 Å². The molecule has 0 fully saturated rings. The number of fused-ring (bicyclic) bond motifs is 3. The van der Waals surface area contributed by atoms with E-state index in [9.17, 15) is 9.90 Å². The molecule has 0 radical (unpaired) electrons. The third kappa shape index (κ3) is 2.16. The number of carbonyl (C=O) groups is 1. The second-order valence-electron chi connectivity index (χ2n) is 5.87. The molecule has 2 atom stereocenters. The van der Waals surface area contributed by atoms with E-state index in [4.69, 9.17) is 9.47 Å². The molecule has 0 aromatic heterocycles. The zero-order valence-electron chi connectivity index (χ0n) is 12.3. The van der Waals surface area contributed by atoms with Crippen molar-refractivity contribution in [1.82, 2.24) is 0 Å². The van der Waals surface area contributed by atoms with Crippen LogP contribution in [0.3, 0.4) is 0 Å². The molecule has 1 heterocycles. The van der Waals surface area contributed by atoms with Gasteiger partial charge in [0.05, 0.1) is 24.4 Å². The van der Waals surface area contributed by atoms with E-state index in [1.807, 2.05) is 44.2 Å². The maximum atomic E-state index is 12.1. The van der Waals surface area contributed by atoms with Gasteiger partial charge in [-0.25, -0.2) is 4.79 Å². The van der Waals surface area contributed by atoms with Gasteiger partial charge < -0.3 is 14.6 Å². The lowest BCUT2D eigenvalue weighted by Gasteiger charge is -2.40. The number of benzene rings is 1. The largest absolute Gasteiger partial charge is 0.507 e. The van der Waals surface area contributed by atoms with Crippen LogP contribution in [0.1, 0.15) is 31.1 Å². The first-order valence-corrected chi connectivity index (χ1v) is 6.92. The predicted octanol–water partition coefficient (Wildman–Crippen LogP) is 3.16. The molecule has 2 unspecified atom stereocenters. The number of aliphatic hydroxyl groups excluding tert-OH is 1. The molecule has 110 valence electrons. The van der Waals surface area contributed by atoms with Gasteiger partial charge >= 0.3 is 5.97 Å². The number of hydrogen-bond acceptors (Lipinski definition) is 4. The van der Waals surface area contributed by atoms with Gasteiger partial charge in [-0.2, -0.15) is 0 Å². The SMILES string of the molecule is COC(=O)C1=C(O)c2ccccc2C2OC(C)(C)C=CC12. The van der Waals surface area contributed by atoms with Crippen LogP contribution in [0.4, 0.5) is 0 Å². The molecule has 0 amide bonds. The third-order valence-corrected chi connectivity index (χ3v) is 3.98. The van der Waals surface area contributed by atoms with Crippen molar-refractivity contribution in [3.05, 3.63) is 53.1 Å². The summed E-state index contributed by atoms with van der Waals surface area (Å²) in [6.07, 6.45) is 3.54. The summed E-state index contributed by atoms with van der Waals surface area (Å²) in [6, 6.07) is 7.44. The van der Waals surface area contributed by atoms with E-state index in [1.54, 1.807) is 6.07 Å². The van der Waals surface area contributed by atoms with Gasteiger partial charge in [0, 0.05) is 11.5 Å². The Balaban J connectivity index is 2.23. The Bertz CT molecular complexity index is 655. The molecule has 4 heteroatoms. The quantitative estimate of drug-likeness (QED) is 0.636. The molecule has 0 bridgehead atoms. The molecule has 2 aliphatic rings. The predicted molar refractivity (Wildman–Crippen MR) is 78.5 cm³/mol. The van der Waals surface area contributed by atoms with Crippen LogP contribution < -0.4 is 0 Å². The van der Waals surface area contributed by atoms with Gasteiger partial charge in [-0.3, -0.25) is 0 Å². The van der Waals surface area contributed by atoms with Gasteiger partial charge in [0.15, 0.2) is 0 Å². The van der Waals surface area contributed by atoms with E-state index in [1.165, 1.54) is 7.11 Å². The Labute approximate surface area is 123 Å². The Hall–Kier alpha value is -2.07. The maximum Gasteiger partial charge on any atom is 0.338 e. The fourth-order valence-electron chi connectivity index (χ4n) is 2.99. The molecule has 1 aliphatic carbocycles. The third-order valence-electron chi connectivity index (χ3n) is 3.98. The van der Waals surface area contributed by atoms with Crippen molar-refractivity contribution in [1.29, 1.82) is 0 Å². The van der Waals surface area contributed by atoms with Crippen LogP contribution in [0, 0.1) is 5.92 Å². The second-order valence-corrected chi connectivity index (χ2v) is 5.87. The first kappa shape index (κ1) is 13.9. The number of ether oxygens (including phenoxy) is 2. The number of hydrogen-bond donors (Lipinski definition) is 1.